The second-order valence-corrected chi connectivity index (χ2v) is 8.66. The van der Waals surface area contributed by atoms with Gasteiger partial charge in [0, 0.05) is 37.1 Å². The number of allylic oxidation sites excluding steroid dienone is 4. The Bertz CT molecular complexity index is 816. The molecule has 1 aromatic rings. The fraction of sp³-hybridized carbons (Fsp3) is 0.586. The van der Waals surface area contributed by atoms with E-state index in [4.69, 9.17) is 10.7 Å². The summed E-state index contributed by atoms with van der Waals surface area (Å²) in [4.78, 5) is 9.24. The van der Waals surface area contributed by atoms with Crippen molar-refractivity contribution < 1.29 is 0 Å². The van der Waals surface area contributed by atoms with Crippen molar-refractivity contribution in [1.29, 1.82) is 0 Å². The number of nitrogens with zero attached hydrogens (tertiary/aromatic N) is 2. The molecule has 0 saturated heterocycles. The first-order valence-corrected chi connectivity index (χ1v) is 13.4. The Morgan fingerprint density at radius 2 is 1.74 bits per heavy atom. The van der Waals surface area contributed by atoms with Crippen molar-refractivity contribution in [2.45, 2.75) is 99.3 Å². The molecule has 0 bridgehead atoms. The molecule has 1 heterocycles. The monoisotopic (exact) mass is 484 g/mol. The van der Waals surface area contributed by atoms with Gasteiger partial charge in [0.15, 0.2) is 0 Å². The third kappa shape index (κ3) is 12.6. The van der Waals surface area contributed by atoms with Gasteiger partial charge < -0.3 is 16.5 Å². The zero-order chi connectivity index (χ0) is 26.6. The molecule has 198 valence electrons. The van der Waals surface area contributed by atoms with Crippen LogP contribution in [0, 0.1) is 0 Å². The summed E-state index contributed by atoms with van der Waals surface area (Å²) < 4.78 is 0. The molecule has 0 aromatic carbocycles. The Kier molecular flexibility index (Phi) is 18.2. The van der Waals surface area contributed by atoms with Crippen molar-refractivity contribution in [2.24, 2.45) is 5.73 Å². The highest BCUT2D eigenvalue weighted by atomic mass is 15.3. The average molecular weight is 485 g/mol. The Morgan fingerprint density at radius 1 is 1.11 bits per heavy atom. The zero-order valence-corrected chi connectivity index (χ0v) is 23.7. The molecule has 6 nitrogen and oxygen atoms in total. The number of hydrogen-bond acceptors (Lipinski definition) is 6. The second kappa shape index (κ2) is 19.7. The zero-order valence-electron chi connectivity index (χ0n) is 23.7. The normalized spacial score (nSPS) is 15.1. The van der Waals surface area contributed by atoms with Gasteiger partial charge in [0.1, 0.15) is 0 Å². The molecule has 0 atom stereocenters. The number of nitrogens with two attached hydrogens (primary N) is 1. The molecule has 0 spiro atoms. The van der Waals surface area contributed by atoms with Crippen LogP contribution >= 0.6 is 0 Å². The minimum Gasteiger partial charge on any atom is -0.399 e. The molecule has 1 aliphatic rings. The summed E-state index contributed by atoms with van der Waals surface area (Å²) in [5, 5.41) is 3.42. The van der Waals surface area contributed by atoms with Gasteiger partial charge in [-0.25, -0.2) is 15.4 Å². The molecule has 1 fully saturated rings. The average Bonchev–Trinajstić information content (AvgIpc) is 2.89. The number of hydrazine groups is 1. The Hall–Kier alpha value is -2.60. The topological polar surface area (TPSA) is 87.9 Å². The summed E-state index contributed by atoms with van der Waals surface area (Å²) in [7, 11) is 1.86. The highest BCUT2D eigenvalue weighted by molar-refractivity contribution is 5.40. The Morgan fingerprint density at radius 3 is 2.29 bits per heavy atom. The summed E-state index contributed by atoms with van der Waals surface area (Å²) in [6.45, 7) is 18.9. The molecule has 0 aliphatic heterocycles. The number of nitrogens with one attached hydrogen (secondary N) is 3. The first-order valence-electron chi connectivity index (χ1n) is 13.4. The van der Waals surface area contributed by atoms with Gasteiger partial charge in [-0.2, -0.15) is 0 Å². The predicted octanol–water partition coefficient (Wildman–Crippen LogP) is 7.13. The van der Waals surface area contributed by atoms with Crippen LogP contribution in [0.15, 0.2) is 59.1 Å². The molecule has 0 unspecified atom stereocenters. The lowest BCUT2D eigenvalue weighted by Gasteiger charge is -2.21. The fourth-order valence-electron chi connectivity index (χ4n) is 3.69. The van der Waals surface area contributed by atoms with Crippen LogP contribution in [0.1, 0.15) is 105 Å². The minimum absolute atomic E-state index is 0.570. The van der Waals surface area contributed by atoms with Crippen LogP contribution in [-0.2, 0) is 0 Å². The molecule has 5 N–H and O–H groups in total. The Labute approximate surface area is 215 Å². The van der Waals surface area contributed by atoms with Gasteiger partial charge in [-0.3, -0.25) is 0 Å². The summed E-state index contributed by atoms with van der Waals surface area (Å²) >= 11 is 0. The largest absolute Gasteiger partial charge is 0.399 e. The van der Waals surface area contributed by atoms with E-state index in [1.165, 1.54) is 49.8 Å². The first-order chi connectivity index (χ1) is 16.9. The fourth-order valence-corrected chi connectivity index (χ4v) is 3.69. The third-order valence-corrected chi connectivity index (χ3v) is 5.59. The minimum atomic E-state index is 0.570. The van der Waals surface area contributed by atoms with Crippen LogP contribution in [0.5, 0.6) is 0 Å². The van der Waals surface area contributed by atoms with E-state index in [2.05, 4.69) is 61.5 Å². The van der Waals surface area contributed by atoms with Gasteiger partial charge in [0.05, 0.1) is 5.70 Å². The van der Waals surface area contributed by atoms with Gasteiger partial charge in [0.25, 0.3) is 0 Å². The number of rotatable bonds is 10. The van der Waals surface area contributed by atoms with Crippen LogP contribution < -0.4 is 21.9 Å². The van der Waals surface area contributed by atoms with E-state index < -0.39 is 0 Å². The molecule has 2 rings (SSSR count). The van der Waals surface area contributed by atoms with Gasteiger partial charge in [0.2, 0.25) is 5.95 Å². The van der Waals surface area contributed by atoms with E-state index in [0.717, 1.165) is 23.3 Å². The maximum Gasteiger partial charge on any atom is 0.223 e. The standard InChI is InChI=1S/C24H38N6.C3H8.C2H6/c1-6-19(23(30-26-5)18(4)12-13-21(25)17(2)3)16-28-24-27-15-14-22(29-24)20-10-8-7-9-11-20;1-3-2;1-2/h12-15,20,26,30H,2,6-11,16,25H2,1,3-5H3,(H,27,28,29);3H2,1-2H3;1-2H3/b18-12+,21-13+,23-19+;;. The van der Waals surface area contributed by atoms with Gasteiger partial charge in [-0.1, -0.05) is 73.0 Å². The van der Waals surface area contributed by atoms with Crippen LogP contribution in [0.3, 0.4) is 0 Å². The van der Waals surface area contributed by atoms with E-state index >= 15 is 0 Å². The van der Waals surface area contributed by atoms with Crippen molar-refractivity contribution >= 4 is 5.95 Å². The van der Waals surface area contributed by atoms with E-state index in [-0.39, 0.29) is 0 Å². The molecule has 1 aromatic heterocycles. The van der Waals surface area contributed by atoms with Gasteiger partial charge in [-0.05, 0) is 62.0 Å². The summed E-state index contributed by atoms with van der Waals surface area (Å²) in [6, 6.07) is 2.07. The maximum atomic E-state index is 5.99. The smallest absolute Gasteiger partial charge is 0.223 e. The van der Waals surface area contributed by atoms with Crippen LogP contribution in [-0.4, -0.2) is 23.6 Å². The molecule has 35 heavy (non-hydrogen) atoms. The molecule has 1 saturated carbocycles. The highest BCUT2D eigenvalue weighted by Gasteiger charge is 2.17. The highest BCUT2D eigenvalue weighted by Crippen LogP contribution is 2.31. The lowest BCUT2D eigenvalue weighted by atomic mass is 9.87. The van der Waals surface area contributed by atoms with Crippen LogP contribution in [0.4, 0.5) is 5.95 Å². The SMILES string of the molecule is C=C(C)\C(N)=C/C=C(C)/C(NNC)=C(/CC)CNc1nccc(C2CCCCC2)n1.CC.CCC. The van der Waals surface area contributed by atoms with Gasteiger partial charge in [-0.15, -0.1) is 0 Å². The van der Waals surface area contributed by atoms with Crippen LogP contribution in [0.2, 0.25) is 0 Å². The van der Waals surface area contributed by atoms with E-state index in [0.29, 0.717) is 24.1 Å². The second-order valence-electron chi connectivity index (χ2n) is 8.66. The lowest BCUT2D eigenvalue weighted by Crippen LogP contribution is -2.29. The Balaban J connectivity index is 0.00000214. The van der Waals surface area contributed by atoms with E-state index in [1.54, 1.807) is 0 Å². The van der Waals surface area contributed by atoms with Crippen molar-refractivity contribution in [2.75, 3.05) is 18.9 Å². The molecular weight excluding hydrogens is 432 g/mol. The molecular formula is C29H52N6. The predicted molar refractivity (Wildman–Crippen MR) is 154 cm³/mol. The summed E-state index contributed by atoms with van der Waals surface area (Å²) in [6.07, 6.45) is 14.3. The molecule has 0 amide bonds. The van der Waals surface area contributed by atoms with E-state index in [1.807, 2.05) is 46.2 Å². The van der Waals surface area contributed by atoms with Crippen molar-refractivity contribution in [3.63, 3.8) is 0 Å². The van der Waals surface area contributed by atoms with E-state index in [9.17, 15) is 0 Å². The molecule has 6 heteroatoms. The summed E-state index contributed by atoms with van der Waals surface area (Å²) in [5.74, 6) is 1.27. The molecule has 0 radical (unpaired) electrons. The summed E-state index contributed by atoms with van der Waals surface area (Å²) in [5.41, 5.74) is 18.4. The molecule has 1 aliphatic carbocycles. The lowest BCUT2D eigenvalue weighted by molar-refractivity contribution is 0.436. The number of anilines is 1. The third-order valence-electron chi connectivity index (χ3n) is 5.59. The number of hydrogen-bond donors (Lipinski definition) is 4. The van der Waals surface area contributed by atoms with Crippen molar-refractivity contribution in [3.8, 4) is 0 Å². The van der Waals surface area contributed by atoms with Crippen LogP contribution in [0.25, 0.3) is 0 Å². The van der Waals surface area contributed by atoms with Crippen molar-refractivity contribution in [3.05, 3.63) is 64.8 Å². The maximum absolute atomic E-state index is 5.99. The van der Waals surface area contributed by atoms with Gasteiger partial charge >= 0.3 is 0 Å². The number of aromatic nitrogens is 2. The quantitative estimate of drug-likeness (QED) is 0.209. The van der Waals surface area contributed by atoms with Crippen molar-refractivity contribution in [1.82, 2.24) is 20.8 Å². The first kappa shape index (κ1) is 32.4.